The first kappa shape index (κ1) is 18.2. The molecule has 2 heterocycles. The van der Waals surface area contributed by atoms with Crippen LogP contribution in [0.1, 0.15) is 39.0 Å². The quantitative estimate of drug-likeness (QED) is 0.818. The monoisotopic (exact) mass is 317 g/mol. The summed E-state index contributed by atoms with van der Waals surface area (Å²) < 4.78 is 0. The molecule has 6 heteroatoms. The van der Waals surface area contributed by atoms with E-state index in [1.54, 1.807) is 11.9 Å². The maximum Gasteiger partial charge on any atom is 0.242 e. The maximum atomic E-state index is 12.5. The van der Waals surface area contributed by atoms with Gasteiger partial charge >= 0.3 is 0 Å². The Kier molecular flexibility index (Phi) is 7.46. The highest BCUT2D eigenvalue weighted by Crippen LogP contribution is 2.27. The number of halogens is 1. The topological polar surface area (TPSA) is 61.4 Å². The molecule has 2 saturated heterocycles. The second kappa shape index (κ2) is 8.59. The summed E-state index contributed by atoms with van der Waals surface area (Å²) in [7, 11) is 1.64. The van der Waals surface area contributed by atoms with Crippen LogP contribution in [-0.4, -0.2) is 49.4 Å². The molecule has 0 radical (unpaired) electrons. The molecule has 2 atom stereocenters. The number of nitrogens with one attached hydrogen (secondary N) is 2. The van der Waals surface area contributed by atoms with E-state index in [1.807, 2.05) is 0 Å². The van der Waals surface area contributed by atoms with Crippen LogP contribution in [-0.2, 0) is 9.59 Å². The van der Waals surface area contributed by atoms with Gasteiger partial charge in [0.1, 0.15) is 6.04 Å². The third-order valence-corrected chi connectivity index (χ3v) is 4.81. The predicted molar refractivity (Wildman–Crippen MR) is 85.4 cm³/mol. The first-order valence-corrected chi connectivity index (χ1v) is 7.85. The van der Waals surface area contributed by atoms with E-state index in [2.05, 4.69) is 17.6 Å². The molecule has 0 aliphatic carbocycles. The number of piperidine rings is 1. The smallest absolute Gasteiger partial charge is 0.242 e. The second-order valence-electron chi connectivity index (χ2n) is 6.13. The van der Waals surface area contributed by atoms with Crippen LogP contribution < -0.4 is 10.6 Å². The number of rotatable bonds is 4. The summed E-state index contributed by atoms with van der Waals surface area (Å²) in [6.07, 6.45) is 4.64. The molecule has 0 bridgehead atoms. The number of hydrogen-bond acceptors (Lipinski definition) is 3. The van der Waals surface area contributed by atoms with Crippen LogP contribution in [0.25, 0.3) is 0 Å². The number of amides is 2. The minimum absolute atomic E-state index is 0. The minimum atomic E-state index is -0.243. The molecule has 2 aliphatic heterocycles. The summed E-state index contributed by atoms with van der Waals surface area (Å²) in [4.78, 5) is 26.1. The Bertz CT molecular complexity index is 359. The zero-order chi connectivity index (χ0) is 14.5. The van der Waals surface area contributed by atoms with Gasteiger partial charge in [-0.05, 0) is 50.6 Å². The summed E-state index contributed by atoms with van der Waals surface area (Å²) in [5.41, 5.74) is 0. The van der Waals surface area contributed by atoms with Crippen LogP contribution in [0.4, 0.5) is 0 Å². The lowest BCUT2D eigenvalue weighted by Gasteiger charge is -2.30. The Labute approximate surface area is 133 Å². The maximum absolute atomic E-state index is 12.5. The molecule has 122 valence electrons. The average Bonchev–Trinajstić information content (AvgIpc) is 2.96. The zero-order valence-corrected chi connectivity index (χ0v) is 13.9. The number of nitrogens with zero attached hydrogens (tertiary/aromatic N) is 1. The van der Waals surface area contributed by atoms with Crippen molar-refractivity contribution in [2.45, 2.75) is 45.1 Å². The van der Waals surface area contributed by atoms with E-state index in [0.717, 1.165) is 45.3 Å². The van der Waals surface area contributed by atoms with E-state index in [4.69, 9.17) is 0 Å². The normalized spacial score (nSPS) is 24.3. The summed E-state index contributed by atoms with van der Waals surface area (Å²) in [5.74, 6) is 1.18. The Morgan fingerprint density at radius 1 is 1.29 bits per heavy atom. The highest BCUT2D eigenvalue weighted by atomic mass is 35.5. The van der Waals surface area contributed by atoms with E-state index in [-0.39, 0.29) is 30.3 Å². The zero-order valence-electron chi connectivity index (χ0n) is 13.1. The fourth-order valence-electron chi connectivity index (χ4n) is 3.48. The summed E-state index contributed by atoms with van der Waals surface area (Å²) in [5, 5.41) is 6.03. The van der Waals surface area contributed by atoms with Gasteiger partial charge in [-0.25, -0.2) is 0 Å². The molecule has 5 nitrogen and oxygen atoms in total. The van der Waals surface area contributed by atoms with Crippen molar-refractivity contribution in [2.24, 2.45) is 11.8 Å². The molecule has 0 saturated carbocycles. The lowest BCUT2D eigenvalue weighted by molar-refractivity contribution is -0.139. The van der Waals surface area contributed by atoms with Crippen LogP contribution in [0.5, 0.6) is 0 Å². The van der Waals surface area contributed by atoms with Crippen molar-refractivity contribution in [3.05, 3.63) is 0 Å². The van der Waals surface area contributed by atoms with Gasteiger partial charge in [-0.15, -0.1) is 12.4 Å². The van der Waals surface area contributed by atoms with Crippen LogP contribution >= 0.6 is 12.4 Å². The van der Waals surface area contributed by atoms with Crippen molar-refractivity contribution in [2.75, 3.05) is 26.7 Å². The summed E-state index contributed by atoms with van der Waals surface area (Å²) in [6, 6.07) is -0.243. The number of hydrogen-bond donors (Lipinski definition) is 2. The van der Waals surface area contributed by atoms with Gasteiger partial charge in [0.2, 0.25) is 11.8 Å². The Balaban J connectivity index is 0.00000220. The SMILES string of the molecule is CNC(=O)C1CCCN1C(=O)CC(C)C1CCNCC1.Cl. The van der Waals surface area contributed by atoms with Crippen LogP contribution in [0.2, 0.25) is 0 Å². The Morgan fingerprint density at radius 2 is 1.95 bits per heavy atom. The molecule has 0 aromatic heterocycles. The summed E-state index contributed by atoms with van der Waals surface area (Å²) >= 11 is 0. The number of carbonyl (C=O) groups is 2. The van der Waals surface area contributed by atoms with E-state index in [0.29, 0.717) is 18.3 Å². The van der Waals surface area contributed by atoms with Crippen molar-refractivity contribution >= 4 is 24.2 Å². The van der Waals surface area contributed by atoms with Crippen LogP contribution in [0.15, 0.2) is 0 Å². The molecule has 2 N–H and O–H groups in total. The number of carbonyl (C=O) groups excluding carboxylic acids is 2. The Morgan fingerprint density at radius 3 is 2.57 bits per heavy atom. The lowest BCUT2D eigenvalue weighted by Crippen LogP contribution is -2.45. The molecule has 2 aliphatic rings. The van der Waals surface area contributed by atoms with Crippen LogP contribution in [0, 0.1) is 11.8 Å². The third-order valence-electron chi connectivity index (χ3n) is 4.81. The van der Waals surface area contributed by atoms with Crippen molar-refractivity contribution in [1.29, 1.82) is 0 Å². The van der Waals surface area contributed by atoms with Gasteiger partial charge in [-0.2, -0.15) is 0 Å². The lowest BCUT2D eigenvalue weighted by atomic mass is 9.84. The Hall–Kier alpha value is -0.810. The first-order chi connectivity index (χ1) is 9.63. The first-order valence-electron chi connectivity index (χ1n) is 7.85. The molecule has 0 aromatic carbocycles. The molecule has 21 heavy (non-hydrogen) atoms. The molecule has 0 spiro atoms. The predicted octanol–water partition coefficient (Wildman–Crippen LogP) is 1.17. The fourth-order valence-corrected chi connectivity index (χ4v) is 3.48. The highest BCUT2D eigenvalue weighted by Gasteiger charge is 2.34. The third kappa shape index (κ3) is 4.58. The number of likely N-dealkylation sites (tertiary alicyclic amines) is 1. The fraction of sp³-hybridized carbons (Fsp3) is 0.867. The highest BCUT2D eigenvalue weighted by molar-refractivity contribution is 5.88. The number of likely N-dealkylation sites (N-methyl/N-ethyl adjacent to an activating group) is 1. The molecule has 0 aromatic rings. The minimum Gasteiger partial charge on any atom is -0.357 e. The molecule has 2 fully saturated rings. The van der Waals surface area contributed by atoms with Gasteiger partial charge in [0.15, 0.2) is 0 Å². The van der Waals surface area contributed by atoms with Crippen molar-refractivity contribution < 1.29 is 9.59 Å². The van der Waals surface area contributed by atoms with Crippen molar-refractivity contribution in [3.8, 4) is 0 Å². The molecule has 2 rings (SSSR count). The standard InChI is InChI=1S/C15H27N3O2.ClH/c1-11(12-5-7-17-8-6-12)10-14(19)18-9-3-4-13(18)15(20)16-2;/h11-13,17H,3-10H2,1-2H3,(H,16,20);1H. The average molecular weight is 318 g/mol. The van der Waals surface area contributed by atoms with Gasteiger partial charge in [-0.1, -0.05) is 6.92 Å². The molecule has 2 amide bonds. The van der Waals surface area contributed by atoms with Crippen molar-refractivity contribution in [1.82, 2.24) is 15.5 Å². The van der Waals surface area contributed by atoms with Gasteiger partial charge < -0.3 is 15.5 Å². The van der Waals surface area contributed by atoms with E-state index < -0.39 is 0 Å². The second-order valence-corrected chi connectivity index (χ2v) is 6.13. The summed E-state index contributed by atoms with van der Waals surface area (Å²) in [6.45, 7) is 5.04. The van der Waals surface area contributed by atoms with Gasteiger partial charge in [0, 0.05) is 20.0 Å². The van der Waals surface area contributed by atoms with Gasteiger partial charge in [0.25, 0.3) is 0 Å². The van der Waals surface area contributed by atoms with E-state index in [1.165, 1.54) is 0 Å². The molecular formula is C15H28ClN3O2. The van der Waals surface area contributed by atoms with Gasteiger partial charge in [-0.3, -0.25) is 9.59 Å². The molecule has 2 unspecified atom stereocenters. The van der Waals surface area contributed by atoms with Gasteiger partial charge in [0.05, 0.1) is 0 Å². The molecular weight excluding hydrogens is 290 g/mol. The van der Waals surface area contributed by atoms with Crippen LogP contribution in [0.3, 0.4) is 0 Å². The van der Waals surface area contributed by atoms with E-state index in [9.17, 15) is 9.59 Å². The van der Waals surface area contributed by atoms with E-state index >= 15 is 0 Å². The largest absolute Gasteiger partial charge is 0.357 e. The van der Waals surface area contributed by atoms with Crippen molar-refractivity contribution in [3.63, 3.8) is 0 Å².